The monoisotopic (exact) mass is 276 g/mol. The Morgan fingerprint density at radius 1 is 1.50 bits per heavy atom. The van der Waals surface area contributed by atoms with E-state index < -0.39 is 5.97 Å². The maximum absolute atomic E-state index is 11.4. The van der Waals surface area contributed by atoms with Crippen LogP contribution < -0.4 is 0 Å². The maximum atomic E-state index is 11.4. The van der Waals surface area contributed by atoms with Crippen LogP contribution in [-0.2, 0) is 4.79 Å². The topological polar surface area (TPSA) is 54.4 Å². The summed E-state index contributed by atoms with van der Waals surface area (Å²) in [5.74, 6) is -1.04. The van der Waals surface area contributed by atoms with Crippen LogP contribution in [0.5, 0.6) is 0 Å². The van der Waals surface area contributed by atoms with Crippen LogP contribution in [0.25, 0.3) is 0 Å². The third-order valence-electron chi connectivity index (χ3n) is 1.70. The van der Waals surface area contributed by atoms with Gasteiger partial charge in [0.2, 0.25) is 0 Å². The van der Waals surface area contributed by atoms with Gasteiger partial charge < -0.3 is 5.11 Å². The van der Waals surface area contributed by atoms with E-state index in [0.717, 1.165) is 9.35 Å². The number of aryl methyl sites for hydroxylation is 1. The minimum absolute atomic E-state index is 0.0712. The number of thiophene rings is 1. The second kappa shape index (κ2) is 4.70. The summed E-state index contributed by atoms with van der Waals surface area (Å²) in [4.78, 5) is 22.3. The molecule has 0 fully saturated rings. The van der Waals surface area contributed by atoms with Crippen LogP contribution in [-0.4, -0.2) is 16.9 Å². The second-order valence-electron chi connectivity index (χ2n) is 2.88. The summed E-state index contributed by atoms with van der Waals surface area (Å²) in [6, 6.07) is 1.78. The molecule has 1 rings (SSSR count). The molecule has 0 aliphatic carbocycles. The Labute approximate surface area is 93.9 Å². The number of aliphatic carboxylic acids is 1. The van der Waals surface area contributed by atoms with E-state index in [0.29, 0.717) is 4.88 Å². The first-order valence-electron chi connectivity index (χ1n) is 4.01. The molecule has 5 heteroatoms. The standard InChI is InChI=1S/C9H9BrO3S/c1-5-4-7(14-9(5)10)6(11)2-3-8(12)13/h4H,2-3H2,1H3,(H,12,13). The lowest BCUT2D eigenvalue weighted by Gasteiger charge is -1.93. The summed E-state index contributed by atoms with van der Waals surface area (Å²) in [6.07, 6.45) is -0.0326. The van der Waals surface area contributed by atoms with Gasteiger partial charge in [-0.3, -0.25) is 9.59 Å². The number of hydrogen-bond acceptors (Lipinski definition) is 3. The van der Waals surface area contributed by atoms with Gasteiger partial charge in [0.05, 0.1) is 15.1 Å². The van der Waals surface area contributed by atoms with E-state index in [1.165, 1.54) is 11.3 Å². The lowest BCUT2D eigenvalue weighted by atomic mass is 10.2. The van der Waals surface area contributed by atoms with Crippen molar-refractivity contribution in [2.24, 2.45) is 0 Å². The average molecular weight is 277 g/mol. The first kappa shape index (κ1) is 11.4. The number of carboxylic acids is 1. The first-order chi connectivity index (χ1) is 6.50. The molecule has 0 radical (unpaired) electrons. The van der Waals surface area contributed by atoms with Crippen LogP contribution >= 0.6 is 27.3 Å². The van der Waals surface area contributed by atoms with Crippen LogP contribution in [0.1, 0.15) is 28.1 Å². The fourth-order valence-electron chi connectivity index (χ4n) is 0.941. The van der Waals surface area contributed by atoms with Gasteiger partial charge in [-0.15, -0.1) is 11.3 Å². The van der Waals surface area contributed by atoms with E-state index in [-0.39, 0.29) is 18.6 Å². The summed E-state index contributed by atoms with van der Waals surface area (Å²) >= 11 is 4.66. The third-order valence-corrected chi connectivity index (χ3v) is 3.88. The number of Topliss-reactive ketones (excluding diaryl/α,β-unsaturated/α-hetero) is 1. The quantitative estimate of drug-likeness (QED) is 0.861. The van der Waals surface area contributed by atoms with E-state index >= 15 is 0 Å². The zero-order valence-electron chi connectivity index (χ0n) is 7.54. The van der Waals surface area contributed by atoms with Crippen molar-refractivity contribution in [3.8, 4) is 0 Å². The Kier molecular flexibility index (Phi) is 3.83. The number of rotatable bonds is 4. The van der Waals surface area contributed by atoms with Gasteiger partial charge in [-0.25, -0.2) is 0 Å². The molecule has 0 saturated carbocycles. The predicted octanol–water partition coefficient (Wildman–Crippen LogP) is 2.87. The molecule has 0 unspecified atom stereocenters. The zero-order chi connectivity index (χ0) is 10.7. The van der Waals surface area contributed by atoms with Gasteiger partial charge in [-0.2, -0.15) is 0 Å². The van der Waals surface area contributed by atoms with Gasteiger partial charge in [0.1, 0.15) is 0 Å². The van der Waals surface area contributed by atoms with Crippen molar-refractivity contribution in [2.75, 3.05) is 0 Å². The van der Waals surface area contributed by atoms with Gasteiger partial charge in [0.25, 0.3) is 0 Å². The number of ketones is 1. The van der Waals surface area contributed by atoms with Crippen LogP contribution in [0.3, 0.4) is 0 Å². The number of carboxylic acid groups (broad SMARTS) is 1. The highest BCUT2D eigenvalue weighted by Crippen LogP contribution is 2.28. The molecule has 0 amide bonds. The molecule has 0 spiro atoms. The Morgan fingerprint density at radius 3 is 2.57 bits per heavy atom. The van der Waals surface area contributed by atoms with Crippen molar-refractivity contribution < 1.29 is 14.7 Å². The van der Waals surface area contributed by atoms with Crippen molar-refractivity contribution in [1.82, 2.24) is 0 Å². The molecule has 1 heterocycles. The van der Waals surface area contributed by atoms with Gasteiger partial charge in [-0.05, 0) is 34.5 Å². The van der Waals surface area contributed by atoms with E-state index in [1.54, 1.807) is 6.07 Å². The third kappa shape index (κ3) is 2.92. The smallest absolute Gasteiger partial charge is 0.303 e. The fraction of sp³-hybridized carbons (Fsp3) is 0.333. The molecule has 0 atom stereocenters. The Hall–Kier alpha value is -0.680. The normalized spacial score (nSPS) is 10.1. The number of carbonyl (C=O) groups is 2. The molecule has 0 aliphatic rings. The summed E-state index contributed by atoms with van der Waals surface area (Å²) in [5, 5.41) is 8.41. The lowest BCUT2D eigenvalue weighted by molar-refractivity contribution is -0.136. The van der Waals surface area contributed by atoms with Crippen LogP contribution in [0.15, 0.2) is 9.85 Å². The summed E-state index contributed by atoms with van der Waals surface area (Å²) in [6.45, 7) is 1.90. The lowest BCUT2D eigenvalue weighted by Crippen LogP contribution is -2.01. The Bertz CT molecular complexity index is 351. The van der Waals surface area contributed by atoms with Crippen molar-refractivity contribution in [3.05, 3.63) is 20.3 Å². The van der Waals surface area contributed by atoms with Crippen molar-refractivity contribution in [2.45, 2.75) is 19.8 Å². The molecule has 1 aromatic heterocycles. The van der Waals surface area contributed by atoms with E-state index in [1.807, 2.05) is 6.92 Å². The molecular weight excluding hydrogens is 268 g/mol. The van der Waals surface area contributed by atoms with E-state index in [4.69, 9.17) is 5.11 Å². The first-order valence-corrected chi connectivity index (χ1v) is 5.62. The van der Waals surface area contributed by atoms with E-state index in [9.17, 15) is 9.59 Å². The molecule has 1 N–H and O–H groups in total. The molecule has 0 bridgehead atoms. The molecular formula is C9H9BrO3S. The van der Waals surface area contributed by atoms with Gasteiger partial charge in [-0.1, -0.05) is 0 Å². The summed E-state index contributed by atoms with van der Waals surface area (Å²) < 4.78 is 0.927. The van der Waals surface area contributed by atoms with Gasteiger partial charge in [0.15, 0.2) is 5.78 Å². The molecule has 14 heavy (non-hydrogen) atoms. The SMILES string of the molecule is Cc1cc(C(=O)CCC(=O)O)sc1Br. The Balaban J connectivity index is 2.65. The van der Waals surface area contributed by atoms with Crippen LogP contribution in [0, 0.1) is 6.92 Å². The molecule has 0 saturated heterocycles. The summed E-state index contributed by atoms with van der Waals surface area (Å²) in [5.41, 5.74) is 1.01. The molecule has 76 valence electrons. The highest BCUT2D eigenvalue weighted by Gasteiger charge is 2.12. The number of carbonyl (C=O) groups excluding carboxylic acids is 1. The highest BCUT2D eigenvalue weighted by molar-refractivity contribution is 9.11. The van der Waals surface area contributed by atoms with Gasteiger partial charge in [0, 0.05) is 6.42 Å². The number of hydrogen-bond donors (Lipinski definition) is 1. The largest absolute Gasteiger partial charge is 0.481 e. The molecule has 1 aromatic rings. The highest BCUT2D eigenvalue weighted by atomic mass is 79.9. The summed E-state index contributed by atoms with van der Waals surface area (Å²) in [7, 11) is 0. The fourth-order valence-corrected chi connectivity index (χ4v) is 2.44. The van der Waals surface area contributed by atoms with Crippen molar-refractivity contribution in [1.29, 1.82) is 0 Å². The maximum Gasteiger partial charge on any atom is 0.303 e. The predicted molar refractivity (Wildman–Crippen MR) is 58.0 cm³/mol. The number of halogens is 1. The van der Waals surface area contributed by atoms with Crippen LogP contribution in [0.2, 0.25) is 0 Å². The van der Waals surface area contributed by atoms with E-state index in [2.05, 4.69) is 15.9 Å². The van der Waals surface area contributed by atoms with Crippen molar-refractivity contribution >= 4 is 39.0 Å². The molecule has 0 aromatic carbocycles. The van der Waals surface area contributed by atoms with Crippen LogP contribution in [0.4, 0.5) is 0 Å². The van der Waals surface area contributed by atoms with Crippen molar-refractivity contribution in [3.63, 3.8) is 0 Å². The second-order valence-corrected chi connectivity index (χ2v) is 5.25. The Morgan fingerprint density at radius 2 is 2.14 bits per heavy atom. The minimum Gasteiger partial charge on any atom is -0.481 e. The zero-order valence-corrected chi connectivity index (χ0v) is 9.94. The minimum atomic E-state index is -0.939. The molecule has 0 aliphatic heterocycles. The molecule has 3 nitrogen and oxygen atoms in total. The average Bonchev–Trinajstić information content (AvgIpc) is 2.43. The van der Waals surface area contributed by atoms with Gasteiger partial charge >= 0.3 is 5.97 Å².